The van der Waals surface area contributed by atoms with Gasteiger partial charge in [0.05, 0.1) is 26.0 Å². The first-order valence-electron chi connectivity index (χ1n) is 10.5. The van der Waals surface area contributed by atoms with E-state index in [1.54, 1.807) is 17.0 Å². The average Bonchev–Trinajstić information content (AvgIpc) is 3.33. The quantitative estimate of drug-likeness (QED) is 0.677. The largest absolute Gasteiger partial charge is 0.493 e. The van der Waals surface area contributed by atoms with Crippen LogP contribution in [0.4, 0.5) is 0 Å². The van der Waals surface area contributed by atoms with E-state index in [4.69, 9.17) is 25.5 Å². The molecule has 4 rings (SSSR count). The van der Waals surface area contributed by atoms with Crippen LogP contribution in [0.5, 0.6) is 5.75 Å². The first kappa shape index (κ1) is 21.6. The Morgan fingerprint density at radius 3 is 2.77 bits per heavy atom. The van der Waals surface area contributed by atoms with Gasteiger partial charge in [-0.1, -0.05) is 17.7 Å². The number of halogens is 1. The fourth-order valence-corrected chi connectivity index (χ4v) is 4.39. The number of hydrogen-bond acceptors (Lipinski definition) is 6. The van der Waals surface area contributed by atoms with Gasteiger partial charge >= 0.3 is 0 Å². The lowest BCUT2D eigenvalue weighted by atomic mass is 9.77. The van der Waals surface area contributed by atoms with Gasteiger partial charge in [0.1, 0.15) is 5.75 Å². The van der Waals surface area contributed by atoms with E-state index in [2.05, 4.69) is 4.98 Å². The van der Waals surface area contributed by atoms with Crippen molar-refractivity contribution < 1.29 is 23.5 Å². The lowest BCUT2D eigenvalue weighted by Gasteiger charge is -2.43. The second kappa shape index (κ2) is 9.70. The van der Waals surface area contributed by atoms with Crippen LogP contribution in [0.3, 0.4) is 0 Å². The van der Waals surface area contributed by atoms with Crippen LogP contribution in [0, 0.1) is 5.41 Å². The minimum atomic E-state index is -0.508. The normalized spacial score (nSPS) is 21.7. The Balaban J connectivity index is 1.52. The molecule has 2 amide bonds. The van der Waals surface area contributed by atoms with Crippen molar-refractivity contribution in [3.8, 4) is 5.75 Å². The number of rotatable bonds is 6. The van der Waals surface area contributed by atoms with E-state index in [1.165, 1.54) is 12.6 Å². The summed E-state index contributed by atoms with van der Waals surface area (Å²) in [5.41, 5.74) is -0.508. The Morgan fingerprint density at radius 2 is 2.03 bits per heavy atom. The van der Waals surface area contributed by atoms with Gasteiger partial charge in [-0.05, 0) is 31.0 Å². The molecule has 9 heteroatoms. The van der Waals surface area contributed by atoms with Crippen molar-refractivity contribution in [2.75, 3.05) is 46.0 Å². The smallest absolute Gasteiger partial charge is 0.291 e. The molecule has 0 bridgehead atoms. The molecule has 0 N–H and O–H groups in total. The summed E-state index contributed by atoms with van der Waals surface area (Å²) in [6.45, 7) is 3.59. The predicted octanol–water partition coefficient (Wildman–Crippen LogP) is 2.88. The summed E-state index contributed by atoms with van der Waals surface area (Å²) in [7, 11) is 0. The molecular weight excluding hydrogens is 422 g/mol. The minimum absolute atomic E-state index is 0.0620. The van der Waals surface area contributed by atoms with Crippen LogP contribution in [0.25, 0.3) is 0 Å². The molecular formula is C22H26ClN3O5. The highest BCUT2D eigenvalue weighted by Crippen LogP contribution is 2.36. The van der Waals surface area contributed by atoms with E-state index in [-0.39, 0.29) is 17.6 Å². The average molecular weight is 448 g/mol. The van der Waals surface area contributed by atoms with E-state index in [0.29, 0.717) is 63.2 Å². The lowest BCUT2D eigenvalue weighted by Crippen LogP contribution is -2.52. The maximum absolute atomic E-state index is 13.1. The third-order valence-electron chi connectivity index (χ3n) is 5.82. The molecule has 3 heterocycles. The highest BCUT2D eigenvalue weighted by Gasteiger charge is 2.41. The summed E-state index contributed by atoms with van der Waals surface area (Å²) in [5, 5.41) is 0.585. The van der Waals surface area contributed by atoms with Gasteiger partial charge in [0.2, 0.25) is 11.7 Å². The number of likely N-dealkylation sites (tertiary alicyclic amines) is 1. The van der Waals surface area contributed by atoms with E-state index >= 15 is 0 Å². The van der Waals surface area contributed by atoms with Crippen molar-refractivity contribution in [3.05, 3.63) is 47.6 Å². The van der Waals surface area contributed by atoms with Crippen molar-refractivity contribution in [1.29, 1.82) is 0 Å². The Labute approximate surface area is 186 Å². The van der Waals surface area contributed by atoms with Gasteiger partial charge in [0.25, 0.3) is 5.91 Å². The van der Waals surface area contributed by atoms with E-state index < -0.39 is 5.41 Å². The van der Waals surface area contributed by atoms with Crippen LogP contribution >= 0.6 is 11.6 Å². The molecule has 0 spiro atoms. The van der Waals surface area contributed by atoms with Crippen molar-refractivity contribution in [3.63, 3.8) is 0 Å². The molecule has 166 valence electrons. The molecule has 1 aromatic heterocycles. The fraction of sp³-hybridized carbons (Fsp3) is 0.500. The second-order valence-corrected chi connectivity index (χ2v) is 8.55. The van der Waals surface area contributed by atoms with Crippen molar-refractivity contribution in [1.82, 2.24) is 14.8 Å². The molecule has 2 fully saturated rings. The Morgan fingerprint density at radius 1 is 1.19 bits per heavy atom. The monoisotopic (exact) mass is 447 g/mol. The standard InChI is InChI=1S/C22H26ClN3O5/c23-17-3-1-4-18(11-17)30-15-22(12-20(27)25-7-9-29-10-8-25)5-2-6-26(14-22)21(28)19-13-24-16-31-19/h1,3-4,11,13,16H,2,5-10,12,14-15H2/t22-/m1/s1. The van der Waals surface area contributed by atoms with Crippen LogP contribution in [0.15, 0.2) is 41.3 Å². The molecule has 2 aliphatic heterocycles. The molecule has 1 atom stereocenters. The van der Waals surface area contributed by atoms with Gasteiger partial charge in [-0.15, -0.1) is 0 Å². The number of oxazole rings is 1. The number of nitrogens with zero attached hydrogens (tertiary/aromatic N) is 3. The molecule has 1 aromatic carbocycles. The van der Waals surface area contributed by atoms with Gasteiger partial charge in [-0.3, -0.25) is 9.59 Å². The number of hydrogen-bond donors (Lipinski definition) is 0. The van der Waals surface area contributed by atoms with Gasteiger partial charge in [0.15, 0.2) is 6.39 Å². The van der Waals surface area contributed by atoms with Crippen LogP contribution in [0.1, 0.15) is 29.8 Å². The molecule has 31 heavy (non-hydrogen) atoms. The van der Waals surface area contributed by atoms with E-state index in [0.717, 1.165) is 12.8 Å². The third kappa shape index (κ3) is 5.37. The molecule has 0 saturated carbocycles. The van der Waals surface area contributed by atoms with Gasteiger partial charge < -0.3 is 23.7 Å². The van der Waals surface area contributed by atoms with Crippen LogP contribution < -0.4 is 4.74 Å². The van der Waals surface area contributed by atoms with Crippen molar-refractivity contribution in [2.45, 2.75) is 19.3 Å². The van der Waals surface area contributed by atoms with Crippen LogP contribution in [0.2, 0.25) is 5.02 Å². The molecule has 0 unspecified atom stereocenters. The SMILES string of the molecule is O=C(C[C@]1(COc2cccc(Cl)c2)CCCN(C(=O)c2cnco2)C1)N1CCOCC1. The van der Waals surface area contributed by atoms with Gasteiger partial charge in [0, 0.05) is 43.0 Å². The third-order valence-corrected chi connectivity index (χ3v) is 6.06. The molecule has 2 saturated heterocycles. The van der Waals surface area contributed by atoms with Gasteiger partial charge in [-0.2, -0.15) is 0 Å². The number of benzene rings is 1. The number of ether oxygens (including phenoxy) is 2. The first-order chi connectivity index (χ1) is 15.0. The zero-order valence-corrected chi connectivity index (χ0v) is 18.1. The highest BCUT2D eigenvalue weighted by molar-refractivity contribution is 6.30. The topological polar surface area (TPSA) is 85.1 Å². The zero-order chi connectivity index (χ0) is 21.7. The summed E-state index contributed by atoms with van der Waals surface area (Å²) >= 11 is 6.09. The molecule has 0 aliphatic carbocycles. The Kier molecular flexibility index (Phi) is 6.77. The number of carbonyl (C=O) groups is 2. The van der Waals surface area contributed by atoms with Crippen molar-refractivity contribution >= 4 is 23.4 Å². The van der Waals surface area contributed by atoms with E-state index in [9.17, 15) is 9.59 Å². The highest BCUT2D eigenvalue weighted by atomic mass is 35.5. The number of carbonyl (C=O) groups excluding carboxylic acids is 2. The maximum atomic E-state index is 13.1. The molecule has 2 aromatic rings. The summed E-state index contributed by atoms with van der Waals surface area (Å²) in [4.78, 5) is 33.4. The Bertz CT molecular complexity index is 900. The van der Waals surface area contributed by atoms with Gasteiger partial charge in [-0.25, -0.2) is 4.98 Å². The first-order valence-corrected chi connectivity index (χ1v) is 10.8. The second-order valence-electron chi connectivity index (χ2n) is 8.11. The number of piperidine rings is 1. The summed E-state index contributed by atoms with van der Waals surface area (Å²) in [6.07, 6.45) is 4.52. The van der Waals surface area contributed by atoms with Crippen LogP contribution in [-0.4, -0.2) is 72.6 Å². The van der Waals surface area contributed by atoms with E-state index in [1.807, 2.05) is 17.0 Å². The number of amides is 2. The lowest BCUT2D eigenvalue weighted by molar-refractivity contribution is -0.139. The number of morpholine rings is 1. The summed E-state index contributed by atoms with van der Waals surface area (Å²) in [6, 6.07) is 7.19. The zero-order valence-electron chi connectivity index (χ0n) is 17.3. The minimum Gasteiger partial charge on any atom is -0.493 e. The molecule has 0 radical (unpaired) electrons. The molecule has 2 aliphatic rings. The summed E-state index contributed by atoms with van der Waals surface area (Å²) in [5.74, 6) is 0.686. The Hall–Kier alpha value is -2.58. The maximum Gasteiger partial charge on any atom is 0.291 e. The van der Waals surface area contributed by atoms with Crippen LogP contribution in [-0.2, 0) is 9.53 Å². The molecule has 8 nitrogen and oxygen atoms in total. The summed E-state index contributed by atoms with van der Waals surface area (Å²) < 4.78 is 16.7. The van der Waals surface area contributed by atoms with Crippen molar-refractivity contribution in [2.24, 2.45) is 5.41 Å². The fourth-order valence-electron chi connectivity index (χ4n) is 4.21. The predicted molar refractivity (Wildman–Crippen MR) is 113 cm³/mol. The number of aromatic nitrogens is 1.